The minimum Gasteiger partial charge on any atom is -0.382 e. The van der Waals surface area contributed by atoms with Gasteiger partial charge in [-0.2, -0.15) is 31.4 Å². The van der Waals surface area contributed by atoms with E-state index in [0.717, 1.165) is 29.0 Å². The third kappa shape index (κ3) is 5.33. The summed E-state index contributed by atoms with van der Waals surface area (Å²) in [6.07, 6.45) is -12.4. The van der Waals surface area contributed by atoms with Gasteiger partial charge in [0.1, 0.15) is 31.1 Å². The maximum atomic E-state index is 14.5. The van der Waals surface area contributed by atoms with Crippen LogP contribution in [0.2, 0.25) is 0 Å². The fourth-order valence-electron chi connectivity index (χ4n) is 4.19. The third-order valence-electron chi connectivity index (χ3n) is 5.95. The highest BCUT2D eigenvalue weighted by molar-refractivity contribution is 5.97. The van der Waals surface area contributed by atoms with Crippen LogP contribution in [0.1, 0.15) is 27.9 Å². The summed E-state index contributed by atoms with van der Waals surface area (Å²) in [5, 5.41) is 6.03. The number of benzene rings is 1. The summed E-state index contributed by atoms with van der Waals surface area (Å²) in [6.45, 7) is -2.41. The van der Waals surface area contributed by atoms with Crippen LogP contribution in [0, 0.1) is 0 Å². The van der Waals surface area contributed by atoms with Gasteiger partial charge in [0.15, 0.2) is 5.82 Å². The van der Waals surface area contributed by atoms with Crippen LogP contribution in [-0.2, 0) is 17.6 Å². The van der Waals surface area contributed by atoms with Crippen molar-refractivity contribution in [1.82, 2.24) is 24.8 Å². The molecule has 2 atom stereocenters. The maximum Gasteiger partial charge on any atom is 0.418 e. The smallest absolute Gasteiger partial charge is 0.382 e. The minimum absolute atomic E-state index is 0.00107. The molecule has 16 heteroatoms. The van der Waals surface area contributed by atoms with E-state index in [2.05, 4.69) is 15.4 Å². The Morgan fingerprint density at radius 1 is 1.11 bits per heavy atom. The van der Waals surface area contributed by atoms with Gasteiger partial charge in [-0.3, -0.25) is 9.59 Å². The first kappa shape index (κ1) is 27.1. The standard InChI is InChI=1S/C22H18F8N6O2/c23-6-11-2-1-10(16-4-13(22(28,29)30)18-19(31)32-9-33-36(16)18)3-12(11)20(38)34-15-8-35(7-14(15)24)17(37)5-21(25,26)27/h1-4,9,14-15H,5-8H2,(H,34,38)(H2,31,32,33)/t14-,15+/m0/s1. The Balaban J connectivity index is 1.65. The van der Waals surface area contributed by atoms with Crippen LogP contribution in [0.5, 0.6) is 0 Å². The van der Waals surface area contributed by atoms with Crippen molar-refractivity contribution in [3.63, 3.8) is 0 Å². The number of halogens is 8. The molecule has 2 aromatic heterocycles. The summed E-state index contributed by atoms with van der Waals surface area (Å²) in [6, 6.07) is 2.79. The van der Waals surface area contributed by atoms with Gasteiger partial charge in [0, 0.05) is 17.7 Å². The van der Waals surface area contributed by atoms with E-state index in [-0.39, 0.29) is 22.4 Å². The summed E-state index contributed by atoms with van der Waals surface area (Å²) in [5.74, 6) is -2.87. The first-order valence-corrected chi connectivity index (χ1v) is 10.9. The highest BCUT2D eigenvalue weighted by Gasteiger charge is 2.41. The van der Waals surface area contributed by atoms with E-state index in [1.54, 1.807) is 0 Å². The van der Waals surface area contributed by atoms with Gasteiger partial charge in [-0.15, -0.1) is 0 Å². The van der Waals surface area contributed by atoms with E-state index in [4.69, 9.17) is 5.73 Å². The molecular formula is C22H18F8N6O2. The fraction of sp³-hybridized carbons (Fsp3) is 0.364. The summed E-state index contributed by atoms with van der Waals surface area (Å²) >= 11 is 0. The number of nitrogens with zero attached hydrogens (tertiary/aromatic N) is 4. The van der Waals surface area contributed by atoms with Gasteiger partial charge < -0.3 is 16.0 Å². The van der Waals surface area contributed by atoms with E-state index >= 15 is 0 Å². The van der Waals surface area contributed by atoms with E-state index in [1.165, 1.54) is 6.07 Å². The highest BCUT2D eigenvalue weighted by atomic mass is 19.4. The molecule has 204 valence electrons. The van der Waals surface area contributed by atoms with Crippen LogP contribution in [-0.4, -0.2) is 62.8 Å². The molecule has 8 nitrogen and oxygen atoms in total. The van der Waals surface area contributed by atoms with E-state index < -0.39 is 79.5 Å². The zero-order valence-corrected chi connectivity index (χ0v) is 19.1. The van der Waals surface area contributed by atoms with Crippen molar-refractivity contribution >= 4 is 23.1 Å². The molecule has 0 aliphatic carbocycles. The van der Waals surface area contributed by atoms with Crippen molar-refractivity contribution in [2.24, 2.45) is 0 Å². The highest BCUT2D eigenvalue weighted by Crippen LogP contribution is 2.39. The van der Waals surface area contributed by atoms with Crippen LogP contribution < -0.4 is 11.1 Å². The molecule has 2 amide bonds. The maximum absolute atomic E-state index is 14.5. The summed E-state index contributed by atoms with van der Waals surface area (Å²) in [5.41, 5.74) is 3.24. The molecular weight excluding hydrogens is 532 g/mol. The number of anilines is 1. The van der Waals surface area contributed by atoms with Gasteiger partial charge in [-0.05, 0) is 17.7 Å². The summed E-state index contributed by atoms with van der Waals surface area (Å²) in [7, 11) is 0. The molecule has 0 spiro atoms. The number of fused-ring (bicyclic) bond motifs is 1. The zero-order chi connectivity index (χ0) is 28.0. The molecule has 3 N–H and O–H groups in total. The predicted molar refractivity (Wildman–Crippen MR) is 116 cm³/mol. The number of amides is 2. The van der Waals surface area contributed by atoms with Crippen molar-refractivity contribution in [3.05, 3.63) is 47.3 Å². The number of likely N-dealkylation sites (tertiary alicyclic amines) is 1. The van der Waals surface area contributed by atoms with Crippen LogP contribution >= 0.6 is 0 Å². The van der Waals surface area contributed by atoms with Crippen molar-refractivity contribution in [2.75, 3.05) is 18.8 Å². The number of aromatic nitrogens is 3. The minimum atomic E-state index is -4.84. The fourth-order valence-corrected chi connectivity index (χ4v) is 4.19. The SMILES string of the molecule is Nc1ncnn2c(-c3ccc(CF)c(C(=O)N[C@@H]4CN(C(=O)CC(F)(F)F)C[C@@H]4F)c3)cc(C(F)(F)F)c12. The molecule has 1 fully saturated rings. The molecule has 0 bridgehead atoms. The average molecular weight is 550 g/mol. The number of hydrogen-bond acceptors (Lipinski definition) is 5. The van der Waals surface area contributed by atoms with Gasteiger partial charge >= 0.3 is 12.4 Å². The van der Waals surface area contributed by atoms with E-state index in [0.29, 0.717) is 4.90 Å². The molecule has 0 unspecified atom stereocenters. The number of carbonyl (C=O) groups excluding carboxylic acids is 2. The number of nitrogens with two attached hydrogens (primary N) is 1. The van der Waals surface area contributed by atoms with Crippen LogP contribution in [0.25, 0.3) is 16.8 Å². The number of alkyl halides is 8. The first-order valence-electron chi connectivity index (χ1n) is 10.9. The normalized spacial score (nSPS) is 18.3. The van der Waals surface area contributed by atoms with Crippen LogP contribution in [0.3, 0.4) is 0 Å². The van der Waals surface area contributed by atoms with Gasteiger partial charge in [0.2, 0.25) is 5.91 Å². The van der Waals surface area contributed by atoms with Gasteiger partial charge in [-0.1, -0.05) is 12.1 Å². The van der Waals surface area contributed by atoms with Gasteiger partial charge in [-0.25, -0.2) is 18.3 Å². The molecule has 3 aromatic rings. The number of nitrogen functional groups attached to an aromatic ring is 1. The zero-order valence-electron chi connectivity index (χ0n) is 19.1. The summed E-state index contributed by atoms with van der Waals surface area (Å²) in [4.78, 5) is 28.9. The lowest BCUT2D eigenvalue weighted by molar-refractivity contribution is -0.160. The molecule has 0 radical (unpaired) electrons. The Kier molecular flexibility index (Phi) is 6.92. The second-order valence-electron chi connectivity index (χ2n) is 8.54. The van der Waals surface area contributed by atoms with Crippen molar-refractivity contribution in [2.45, 2.75) is 37.7 Å². The van der Waals surface area contributed by atoms with Gasteiger partial charge in [0.05, 0.1) is 23.8 Å². The van der Waals surface area contributed by atoms with Crippen molar-refractivity contribution in [3.8, 4) is 11.3 Å². The summed E-state index contributed by atoms with van der Waals surface area (Å²) < 4.78 is 107. The quantitative estimate of drug-likeness (QED) is 0.472. The largest absolute Gasteiger partial charge is 0.418 e. The third-order valence-corrected chi connectivity index (χ3v) is 5.95. The lowest BCUT2D eigenvalue weighted by atomic mass is 10.0. The van der Waals surface area contributed by atoms with Crippen molar-refractivity contribution < 1.29 is 44.7 Å². The Morgan fingerprint density at radius 2 is 1.82 bits per heavy atom. The Morgan fingerprint density at radius 3 is 2.45 bits per heavy atom. The molecule has 1 aromatic carbocycles. The lowest BCUT2D eigenvalue weighted by Gasteiger charge is -2.18. The van der Waals surface area contributed by atoms with E-state index in [1.807, 2.05) is 0 Å². The molecule has 38 heavy (non-hydrogen) atoms. The predicted octanol–water partition coefficient (Wildman–Crippen LogP) is 3.70. The molecule has 4 rings (SSSR count). The molecule has 0 saturated carbocycles. The number of nitrogens with one attached hydrogen (secondary N) is 1. The van der Waals surface area contributed by atoms with Crippen molar-refractivity contribution in [1.29, 1.82) is 0 Å². The Bertz CT molecular complexity index is 1390. The second-order valence-corrected chi connectivity index (χ2v) is 8.54. The second kappa shape index (κ2) is 9.72. The topological polar surface area (TPSA) is 106 Å². The molecule has 3 heterocycles. The van der Waals surface area contributed by atoms with Crippen LogP contribution in [0.4, 0.5) is 40.9 Å². The molecule has 1 saturated heterocycles. The lowest BCUT2D eigenvalue weighted by Crippen LogP contribution is -2.42. The average Bonchev–Trinajstić information content (AvgIpc) is 3.39. The molecule has 1 aliphatic rings. The first-order chi connectivity index (χ1) is 17.7. The van der Waals surface area contributed by atoms with Crippen LogP contribution in [0.15, 0.2) is 30.6 Å². The monoisotopic (exact) mass is 550 g/mol. The Labute approximate surface area is 208 Å². The number of hydrogen-bond donors (Lipinski definition) is 2. The Hall–Kier alpha value is -3.98. The number of rotatable bonds is 5. The number of carbonyl (C=O) groups is 2. The molecule has 1 aliphatic heterocycles. The van der Waals surface area contributed by atoms with E-state index in [9.17, 15) is 44.7 Å². The van der Waals surface area contributed by atoms with Gasteiger partial charge in [0.25, 0.3) is 5.91 Å².